The number of phenolic OH excluding ortho intramolecular Hbond substituents is 1. The van der Waals surface area contributed by atoms with Crippen LogP contribution in [0.15, 0.2) is 34.7 Å². The number of hydrogen-bond acceptors (Lipinski definition) is 5. The van der Waals surface area contributed by atoms with Crippen molar-refractivity contribution in [2.24, 2.45) is 5.10 Å². The maximum Gasteiger partial charge on any atom is 0.160 e. The minimum Gasteiger partial charge on any atom is -0.504 e. The third kappa shape index (κ3) is 2.88. The average Bonchev–Trinajstić information content (AvgIpc) is 2.90. The van der Waals surface area contributed by atoms with Gasteiger partial charge in [-0.15, -0.1) is 11.3 Å². The first-order chi connectivity index (χ1) is 10.6. The van der Waals surface area contributed by atoms with Crippen LogP contribution in [0.4, 0.5) is 5.82 Å². The molecule has 0 radical (unpaired) electrons. The molecule has 0 saturated heterocycles. The normalized spacial score (nSPS) is 11.4. The molecule has 0 unspecified atom stereocenters. The van der Waals surface area contributed by atoms with Crippen molar-refractivity contribution in [1.29, 1.82) is 0 Å². The molecule has 2 heterocycles. The van der Waals surface area contributed by atoms with Crippen LogP contribution in [-0.2, 0) is 0 Å². The summed E-state index contributed by atoms with van der Waals surface area (Å²) >= 11 is 13.6. The SMILES string of the molecule is Cc1ccsc1/C=N\Nc1ccc2c(Cl)cc(Cl)c(O)c2n1. The largest absolute Gasteiger partial charge is 0.504 e. The average molecular weight is 352 g/mol. The Kier molecular flexibility index (Phi) is 4.20. The third-order valence-corrected chi connectivity index (χ3v) is 4.67. The van der Waals surface area contributed by atoms with E-state index in [0.717, 1.165) is 4.88 Å². The highest BCUT2D eigenvalue weighted by Gasteiger charge is 2.11. The van der Waals surface area contributed by atoms with Crippen molar-refractivity contribution in [3.63, 3.8) is 0 Å². The van der Waals surface area contributed by atoms with E-state index in [2.05, 4.69) is 15.5 Å². The number of benzene rings is 1. The molecule has 1 aromatic carbocycles. The minimum atomic E-state index is -0.0946. The molecule has 0 atom stereocenters. The summed E-state index contributed by atoms with van der Waals surface area (Å²) < 4.78 is 0. The van der Waals surface area contributed by atoms with E-state index in [0.29, 0.717) is 21.7 Å². The van der Waals surface area contributed by atoms with Gasteiger partial charge in [-0.3, -0.25) is 5.43 Å². The topological polar surface area (TPSA) is 57.5 Å². The van der Waals surface area contributed by atoms with E-state index in [1.165, 1.54) is 11.6 Å². The lowest BCUT2D eigenvalue weighted by Crippen LogP contribution is -1.94. The molecule has 4 nitrogen and oxygen atoms in total. The molecular weight excluding hydrogens is 341 g/mol. The van der Waals surface area contributed by atoms with Crippen LogP contribution < -0.4 is 5.43 Å². The Labute approximate surface area is 141 Å². The van der Waals surface area contributed by atoms with E-state index < -0.39 is 0 Å². The Morgan fingerprint density at radius 3 is 2.82 bits per heavy atom. The number of hydrazone groups is 1. The molecule has 0 aliphatic carbocycles. The molecule has 7 heteroatoms. The summed E-state index contributed by atoms with van der Waals surface area (Å²) in [7, 11) is 0. The van der Waals surface area contributed by atoms with E-state index in [4.69, 9.17) is 23.2 Å². The lowest BCUT2D eigenvalue weighted by atomic mass is 10.2. The Bertz CT molecular complexity index is 877. The van der Waals surface area contributed by atoms with E-state index >= 15 is 0 Å². The highest BCUT2D eigenvalue weighted by Crippen LogP contribution is 2.36. The van der Waals surface area contributed by atoms with Gasteiger partial charge in [0, 0.05) is 10.3 Å². The van der Waals surface area contributed by atoms with Crippen molar-refractivity contribution in [3.05, 3.63) is 50.1 Å². The fourth-order valence-electron chi connectivity index (χ4n) is 1.94. The van der Waals surface area contributed by atoms with Crippen molar-refractivity contribution >= 4 is 57.5 Å². The number of anilines is 1. The van der Waals surface area contributed by atoms with Gasteiger partial charge in [0.1, 0.15) is 11.3 Å². The van der Waals surface area contributed by atoms with Gasteiger partial charge in [0.15, 0.2) is 5.75 Å². The number of phenols is 1. The molecule has 0 amide bonds. The molecule has 0 saturated carbocycles. The number of nitrogens with zero attached hydrogens (tertiary/aromatic N) is 2. The van der Waals surface area contributed by atoms with Crippen LogP contribution in [-0.4, -0.2) is 16.3 Å². The summed E-state index contributed by atoms with van der Waals surface area (Å²) in [6.45, 7) is 2.02. The second-order valence-corrected chi connectivity index (χ2v) is 6.38. The number of halogens is 2. The summed E-state index contributed by atoms with van der Waals surface area (Å²) in [5, 5.41) is 17.4. The van der Waals surface area contributed by atoms with Gasteiger partial charge in [0.25, 0.3) is 0 Å². The van der Waals surface area contributed by atoms with E-state index in [-0.39, 0.29) is 10.8 Å². The predicted octanol–water partition coefficient (Wildman–Crippen LogP) is 5.06. The van der Waals surface area contributed by atoms with E-state index in [9.17, 15) is 5.11 Å². The molecule has 2 aromatic heterocycles. The third-order valence-electron chi connectivity index (χ3n) is 3.12. The molecule has 3 aromatic rings. The van der Waals surface area contributed by atoms with Crippen molar-refractivity contribution in [2.45, 2.75) is 6.92 Å². The summed E-state index contributed by atoms with van der Waals surface area (Å²) in [4.78, 5) is 5.37. The molecule has 2 N–H and O–H groups in total. The number of fused-ring (bicyclic) bond motifs is 1. The molecule has 0 aliphatic heterocycles. The molecule has 0 aliphatic rings. The summed E-state index contributed by atoms with van der Waals surface area (Å²) in [5.74, 6) is 0.398. The van der Waals surface area contributed by atoms with Crippen molar-refractivity contribution < 1.29 is 5.11 Å². The Hall–Kier alpha value is -1.82. The van der Waals surface area contributed by atoms with Gasteiger partial charge >= 0.3 is 0 Å². The molecule has 112 valence electrons. The van der Waals surface area contributed by atoms with Crippen LogP contribution in [0.5, 0.6) is 5.75 Å². The first-order valence-electron chi connectivity index (χ1n) is 6.37. The lowest BCUT2D eigenvalue weighted by molar-refractivity contribution is 0.480. The van der Waals surface area contributed by atoms with Gasteiger partial charge in [-0.25, -0.2) is 4.98 Å². The van der Waals surface area contributed by atoms with Crippen molar-refractivity contribution in [3.8, 4) is 5.75 Å². The van der Waals surface area contributed by atoms with Gasteiger partial charge in [-0.2, -0.15) is 5.10 Å². The number of aromatic nitrogens is 1. The van der Waals surface area contributed by atoms with Crippen molar-refractivity contribution in [2.75, 3.05) is 5.43 Å². The molecule has 0 bridgehead atoms. The smallest absolute Gasteiger partial charge is 0.160 e. The zero-order valence-electron chi connectivity index (χ0n) is 11.5. The number of aryl methyl sites for hydroxylation is 1. The molecule has 0 spiro atoms. The van der Waals surface area contributed by atoms with Gasteiger partial charge < -0.3 is 5.11 Å². The number of nitrogens with one attached hydrogen (secondary N) is 1. The van der Waals surface area contributed by atoms with Crippen molar-refractivity contribution in [1.82, 2.24) is 4.98 Å². The maximum absolute atomic E-state index is 10.0. The first kappa shape index (κ1) is 15.1. The molecule has 0 fully saturated rings. The zero-order chi connectivity index (χ0) is 15.7. The highest BCUT2D eigenvalue weighted by molar-refractivity contribution is 7.11. The number of thiophene rings is 1. The fourth-order valence-corrected chi connectivity index (χ4v) is 3.24. The van der Waals surface area contributed by atoms with E-state index in [1.807, 2.05) is 18.4 Å². The monoisotopic (exact) mass is 351 g/mol. The summed E-state index contributed by atoms with van der Waals surface area (Å²) in [6.07, 6.45) is 1.73. The van der Waals surface area contributed by atoms with Crippen LogP contribution in [0.3, 0.4) is 0 Å². The van der Waals surface area contributed by atoms with Gasteiger partial charge in [-0.05, 0) is 42.1 Å². The predicted molar refractivity (Wildman–Crippen MR) is 93.7 cm³/mol. The standard InChI is InChI=1S/C15H11Cl2N3OS/c1-8-4-5-22-12(8)7-18-20-13-3-2-9-10(16)6-11(17)15(21)14(9)19-13/h2-7,21H,1H3,(H,19,20)/b18-7-. The number of pyridine rings is 1. The Morgan fingerprint density at radius 1 is 1.27 bits per heavy atom. The summed E-state index contributed by atoms with van der Waals surface area (Å²) in [5.41, 5.74) is 4.34. The Balaban J connectivity index is 1.91. The Morgan fingerprint density at radius 2 is 2.09 bits per heavy atom. The van der Waals surface area contributed by atoms with Crippen LogP contribution in [0.25, 0.3) is 10.9 Å². The first-order valence-corrected chi connectivity index (χ1v) is 8.00. The molecular formula is C15H11Cl2N3OS. The maximum atomic E-state index is 10.0. The van der Waals surface area contributed by atoms with Gasteiger partial charge in [0.05, 0.1) is 16.3 Å². The van der Waals surface area contributed by atoms with Crippen LogP contribution in [0.2, 0.25) is 10.0 Å². The minimum absolute atomic E-state index is 0.0946. The second kappa shape index (κ2) is 6.12. The van der Waals surface area contributed by atoms with Crippen LogP contribution in [0, 0.1) is 6.92 Å². The number of rotatable bonds is 3. The highest BCUT2D eigenvalue weighted by atomic mass is 35.5. The van der Waals surface area contributed by atoms with Crippen LogP contribution in [0.1, 0.15) is 10.4 Å². The quantitative estimate of drug-likeness (QED) is 0.511. The van der Waals surface area contributed by atoms with E-state index in [1.54, 1.807) is 29.7 Å². The lowest BCUT2D eigenvalue weighted by Gasteiger charge is -2.06. The number of hydrogen-bond donors (Lipinski definition) is 2. The molecule has 3 rings (SSSR count). The fraction of sp³-hybridized carbons (Fsp3) is 0.0667. The number of aromatic hydroxyl groups is 1. The van der Waals surface area contributed by atoms with Crippen LogP contribution >= 0.6 is 34.5 Å². The van der Waals surface area contributed by atoms with Gasteiger partial charge in [0.2, 0.25) is 0 Å². The summed E-state index contributed by atoms with van der Waals surface area (Å²) in [6, 6.07) is 7.02. The second-order valence-electron chi connectivity index (χ2n) is 4.62. The zero-order valence-corrected chi connectivity index (χ0v) is 13.8. The molecule has 22 heavy (non-hydrogen) atoms. The van der Waals surface area contributed by atoms with Gasteiger partial charge in [-0.1, -0.05) is 23.2 Å².